The molecule has 1 saturated heterocycles. The lowest BCUT2D eigenvalue weighted by Gasteiger charge is -2.27. The number of thioether (sulfide) groups is 1. The van der Waals surface area contributed by atoms with Crippen LogP contribution >= 0.6 is 24.0 Å². The Hall–Kier alpha value is -1.66. The standard InChI is InChI=1S/C16H17NO3S2/c1-2-3-9-12(15(19)20)17-14(18)13(22-16(17)21)10-11-7-5-4-6-8-11/h4-8,10,12H,2-3,9H2,1H3,(H,19,20)/p-1/b13-10-/t12-/m0/s1. The molecule has 4 nitrogen and oxygen atoms in total. The third-order valence-corrected chi connectivity index (χ3v) is 4.67. The van der Waals surface area contributed by atoms with Gasteiger partial charge < -0.3 is 9.90 Å². The third kappa shape index (κ3) is 3.75. The number of carbonyl (C=O) groups excluding carboxylic acids is 2. The molecule has 1 amide bonds. The van der Waals surface area contributed by atoms with Crippen molar-refractivity contribution in [2.75, 3.05) is 0 Å². The van der Waals surface area contributed by atoms with Gasteiger partial charge in [-0.2, -0.15) is 0 Å². The summed E-state index contributed by atoms with van der Waals surface area (Å²) in [6.07, 6.45) is 3.63. The molecule has 1 aromatic rings. The minimum atomic E-state index is -1.26. The molecule has 0 aliphatic carbocycles. The molecule has 116 valence electrons. The van der Waals surface area contributed by atoms with Crippen molar-refractivity contribution < 1.29 is 14.7 Å². The van der Waals surface area contributed by atoms with E-state index in [0.717, 1.165) is 23.7 Å². The van der Waals surface area contributed by atoms with Crippen LogP contribution in [0, 0.1) is 0 Å². The number of carbonyl (C=O) groups is 2. The summed E-state index contributed by atoms with van der Waals surface area (Å²) in [5.74, 6) is -1.62. The van der Waals surface area contributed by atoms with E-state index in [9.17, 15) is 14.7 Å². The molecule has 1 heterocycles. The van der Waals surface area contributed by atoms with Gasteiger partial charge in [0.15, 0.2) is 0 Å². The Balaban J connectivity index is 2.24. The molecule has 1 aliphatic heterocycles. The van der Waals surface area contributed by atoms with E-state index in [1.807, 2.05) is 37.3 Å². The summed E-state index contributed by atoms with van der Waals surface area (Å²) >= 11 is 6.33. The average molecular weight is 334 g/mol. The highest BCUT2D eigenvalue weighted by atomic mass is 32.2. The molecule has 0 radical (unpaired) electrons. The second-order valence-corrected chi connectivity index (χ2v) is 6.62. The minimum absolute atomic E-state index is 0.275. The largest absolute Gasteiger partial charge is 0.548 e. The normalized spacial score (nSPS) is 18.0. The van der Waals surface area contributed by atoms with Gasteiger partial charge in [0.05, 0.1) is 16.9 Å². The predicted molar refractivity (Wildman–Crippen MR) is 89.8 cm³/mol. The van der Waals surface area contributed by atoms with Gasteiger partial charge in [0, 0.05) is 0 Å². The predicted octanol–water partition coefficient (Wildman–Crippen LogP) is 2.20. The van der Waals surface area contributed by atoms with E-state index in [1.54, 1.807) is 6.08 Å². The number of carboxylic acid groups (broad SMARTS) is 1. The van der Waals surface area contributed by atoms with Gasteiger partial charge in [-0.3, -0.25) is 9.69 Å². The van der Waals surface area contributed by atoms with Crippen LogP contribution in [-0.2, 0) is 9.59 Å². The maximum Gasteiger partial charge on any atom is 0.266 e. The first-order valence-electron chi connectivity index (χ1n) is 7.07. The molecule has 1 aromatic carbocycles. The number of carboxylic acids is 1. The van der Waals surface area contributed by atoms with Gasteiger partial charge in [0.2, 0.25) is 0 Å². The number of aliphatic carboxylic acids is 1. The number of amides is 1. The second-order valence-electron chi connectivity index (χ2n) is 4.94. The van der Waals surface area contributed by atoms with E-state index in [1.165, 1.54) is 4.90 Å². The third-order valence-electron chi connectivity index (χ3n) is 3.34. The summed E-state index contributed by atoms with van der Waals surface area (Å²) in [6, 6.07) is 8.39. The van der Waals surface area contributed by atoms with Crippen molar-refractivity contribution in [3.63, 3.8) is 0 Å². The molecule has 6 heteroatoms. The summed E-state index contributed by atoms with van der Waals surface area (Å²) in [6.45, 7) is 1.96. The van der Waals surface area contributed by atoms with E-state index < -0.39 is 12.0 Å². The van der Waals surface area contributed by atoms with Gasteiger partial charge in [-0.05, 0) is 18.1 Å². The highest BCUT2D eigenvalue weighted by Crippen LogP contribution is 2.34. The number of thiocarbonyl (C=S) groups is 1. The first-order chi connectivity index (χ1) is 10.5. The number of unbranched alkanes of at least 4 members (excludes halogenated alkanes) is 1. The van der Waals surface area contributed by atoms with Gasteiger partial charge in [-0.25, -0.2) is 0 Å². The second kappa shape index (κ2) is 7.56. The van der Waals surface area contributed by atoms with Crippen molar-refractivity contribution in [1.29, 1.82) is 0 Å². The lowest BCUT2D eigenvalue weighted by Crippen LogP contribution is -2.49. The summed E-state index contributed by atoms with van der Waals surface area (Å²) in [5, 5.41) is 11.4. The van der Waals surface area contributed by atoms with Crippen molar-refractivity contribution in [2.45, 2.75) is 32.2 Å². The van der Waals surface area contributed by atoms with Crippen molar-refractivity contribution in [1.82, 2.24) is 4.90 Å². The number of nitrogens with zero attached hydrogens (tertiary/aromatic N) is 1. The van der Waals surface area contributed by atoms with E-state index in [2.05, 4.69) is 0 Å². The molecule has 0 saturated carbocycles. The molecule has 1 aliphatic rings. The van der Waals surface area contributed by atoms with Crippen LogP contribution in [0.1, 0.15) is 31.7 Å². The van der Waals surface area contributed by atoms with Crippen LogP contribution in [0.4, 0.5) is 0 Å². The molecule has 1 fully saturated rings. The molecule has 0 N–H and O–H groups in total. The smallest absolute Gasteiger partial charge is 0.266 e. The SMILES string of the molecule is CCCC[C@@H](C(=O)[O-])N1C(=O)/C(=C/c2ccccc2)SC1=S. The monoisotopic (exact) mass is 334 g/mol. The summed E-state index contributed by atoms with van der Waals surface area (Å²) in [4.78, 5) is 25.5. The summed E-state index contributed by atoms with van der Waals surface area (Å²) in [5.41, 5.74) is 0.876. The summed E-state index contributed by atoms with van der Waals surface area (Å²) in [7, 11) is 0. The molecule has 0 aromatic heterocycles. The van der Waals surface area contributed by atoms with Crippen LogP contribution in [0.15, 0.2) is 35.2 Å². The van der Waals surface area contributed by atoms with Crippen molar-refractivity contribution in [3.8, 4) is 0 Å². The number of hydrogen-bond acceptors (Lipinski definition) is 5. The molecule has 2 rings (SSSR count). The van der Waals surface area contributed by atoms with E-state index in [0.29, 0.717) is 17.7 Å². The molecular weight excluding hydrogens is 318 g/mol. The Labute approximate surface area is 139 Å². The van der Waals surface area contributed by atoms with E-state index in [4.69, 9.17) is 12.2 Å². The van der Waals surface area contributed by atoms with Crippen LogP contribution in [0.5, 0.6) is 0 Å². The van der Waals surface area contributed by atoms with Crippen molar-refractivity contribution in [3.05, 3.63) is 40.8 Å². The Kier molecular flexibility index (Phi) is 5.74. The fraction of sp³-hybridized carbons (Fsp3) is 0.312. The van der Waals surface area contributed by atoms with Crippen LogP contribution in [0.2, 0.25) is 0 Å². The fourth-order valence-electron chi connectivity index (χ4n) is 2.20. The molecule has 1 atom stereocenters. The maximum absolute atomic E-state index is 12.5. The lowest BCUT2D eigenvalue weighted by molar-refractivity contribution is -0.310. The van der Waals surface area contributed by atoms with Gasteiger partial charge in [0.25, 0.3) is 5.91 Å². The van der Waals surface area contributed by atoms with Gasteiger partial charge in [-0.15, -0.1) is 0 Å². The summed E-state index contributed by atoms with van der Waals surface area (Å²) < 4.78 is 0.275. The number of hydrogen-bond donors (Lipinski definition) is 0. The van der Waals surface area contributed by atoms with Crippen LogP contribution in [-0.4, -0.2) is 27.1 Å². The van der Waals surface area contributed by atoms with Crippen LogP contribution in [0.25, 0.3) is 6.08 Å². The zero-order valence-corrected chi connectivity index (χ0v) is 13.8. The van der Waals surface area contributed by atoms with E-state index in [-0.39, 0.29) is 10.2 Å². The highest BCUT2D eigenvalue weighted by Gasteiger charge is 2.37. The van der Waals surface area contributed by atoms with Gasteiger partial charge in [0.1, 0.15) is 4.32 Å². The molecule has 0 spiro atoms. The topological polar surface area (TPSA) is 60.4 Å². The van der Waals surface area contributed by atoms with Gasteiger partial charge in [-0.1, -0.05) is 74.1 Å². The Morgan fingerprint density at radius 3 is 2.68 bits per heavy atom. The Morgan fingerprint density at radius 2 is 2.09 bits per heavy atom. The first-order valence-corrected chi connectivity index (χ1v) is 8.30. The molecule has 0 unspecified atom stereocenters. The average Bonchev–Trinajstić information content (AvgIpc) is 2.76. The zero-order valence-electron chi connectivity index (χ0n) is 12.2. The number of rotatable bonds is 6. The molecule has 0 bridgehead atoms. The van der Waals surface area contributed by atoms with Gasteiger partial charge >= 0.3 is 0 Å². The van der Waals surface area contributed by atoms with Crippen molar-refractivity contribution in [2.24, 2.45) is 0 Å². The van der Waals surface area contributed by atoms with Crippen LogP contribution < -0.4 is 5.11 Å². The van der Waals surface area contributed by atoms with Crippen LogP contribution in [0.3, 0.4) is 0 Å². The molecular formula is C16H16NO3S2-. The minimum Gasteiger partial charge on any atom is -0.548 e. The quantitative estimate of drug-likeness (QED) is 0.589. The molecule has 22 heavy (non-hydrogen) atoms. The Morgan fingerprint density at radius 1 is 1.41 bits per heavy atom. The Bertz CT molecular complexity index is 613. The van der Waals surface area contributed by atoms with Crippen molar-refractivity contribution >= 4 is 46.3 Å². The fourth-order valence-corrected chi connectivity index (χ4v) is 3.56. The van der Waals surface area contributed by atoms with E-state index >= 15 is 0 Å². The number of benzene rings is 1. The lowest BCUT2D eigenvalue weighted by atomic mass is 10.1. The maximum atomic E-state index is 12.5. The first kappa shape index (κ1) is 16.7. The highest BCUT2D eigenvalue weighted by molar-refractivity contribution is 8.26. The zero-order chi connectivity index (χ0) is 16.1.